The van der Waals surface area contributed by atoms with Crippen molar-refractivity contribution in [2.45, 2.75) is 62.0 Å². The number of primary amides is 1. The fourth-order valence-electron chi connectivity index (χ4n) is 4.19. The second kappa shape index (κ2) is 11.5. The molecule has 0 spiro atoms. The molecule has 1 atom stereocenters. The number of aliphatic hydroxyl groups is 1. The van der Waals surface area contributed by atoms with Gasteiger partial charge in [0.25, 0.3) is 0 Å². The van der Waals surface area contributed by atoms with Crippen molar-refractivity contribution < 1.29 is 9.90 Å². The largest absolute Gasteiger partial charge is 0.389 e. The number of benzene rings is 1. The standard InChI is InChI=1S/C26H32N6O2S/c1-5-19-20(15-27)25(35-22(23(28)33)17-9-7-6-8-10-17)31-24(21(19)29-4)32-13-11-18(12-14-32)30-16-26(2,3)34/h6-10,18,22,30,34H,5,11-14,16H2,1-3H3,(H2,28,33). The van der Waals surface area contributed by atoms with Crippen LogP contribution in [0.15, 0.2) is 35.4 Å². The van der Waals surface area contributed by atoms with Gasteiger partial charge in [-0.1, -0.05) is 49.0 Å². The summed E-state index contributed by atoms with van der Waals surface area (Å²) < 4.78 is 0. The molecule has 3 rings (SSSR count). The molecule has 1 fully saturated rings. The quantitative estimate of drug-likeness (QED) is 0.360. The van der Waals surface area contributed by atoms with Crippen LogP contribution < -0.4 is 16.0 Å². The van der Waals surface area contributed by atoms with Gasteiger partial charge in [-0.2, -0.15) is 5.26 Å². The van der Waals surface area contributed by atoms with Crippen molar-refractivity contribution in [1.29, 1.82) is 5.26 Å². The maximum Gasteiger partial charge on any atom is 0.235 e. The number of piperidine rings is 1. The lowest BCUT2D eigenvalue weighted by atomic mass is 10.0. The number of rotatable bonds is 9. The number of aromatic nitrogens is 1. The maximum absolute atomic E-state index is 12.3. The van der Waals surface area contributed by atoms with Crippen LogP contribution in [0.4, 0.5) is 11.5 Å². The van der Waals surface area contributed by atoms with Crippen LogP contribution in [-0.2, 0) is 11.2 Å². The Balaban J connectivity index is 1.95. The van der Waals surface area contributed by atoms with Crippen molar-refractivity contribution in [2.24, 2.45) is 5.73 Å². The normalized spacial score (nSPS) is 15.3. The van der Waals surface area contributed by atoms with Crippen molar-refractivity contribution in [3.8, 4) is 6.07 Å². The van der Waals surface area contributed by atoms with Crippen LogP contribution in [-0.4, -0.2) is 47.3 Å². The molecule has 1 amide bonds. The zero-order valence-corrected chi connectivity index (χ0v) is 21.2. The summed E-state index contributed by atoms with van der Waals surface area (Å²) in [5, 5.41) is 23.1. The van der Waals surface area contributed by atoms with Crippen LogP contribution in [0, 0.1) is 17.9 Å². The molecule has 1 aromatic carbocycles. The predicted molar refractivity (Wildman–Crippen MR) is 138 cm³/mol. The third kappa shape index (κ3) is 6.52. The molecule has 2 aromatic rings. The van der Waals surface area contributed by atoms with Gasteiger partial charge in [0.15, 0.2) is 0 Å². The number of nitrogens with two attached hydrogens (primary N) is 1. The highest BCUT2D eigenvalue weighted by Gasteiger charge is 2.29. The summed E-state index contributed by atoms with van der Waals surface area (Å²) >= 11 is 1.16. The molecule has 1 unspecified atom stereocenters. The van der Waals surface area contributed by atoms with E-state index in [1.165, 1.54) is 0 Å². The smallest absolute Gasteiger partial charge is 0.235 e. The molecule has 0 aliphatic carbocycles. The fraction of sp³-hybridized carbons (Fsp3) is 0.462. The van der Waals surface area contributed by atoms with Gasteiger partial charge in [-0.05, 0) is 44.2 Å². The number of pyridine rings is 1. The molecule has 0 bridgehead atoms. The summed E-state index contributed by atoms with van der Waals surface area (Å²) in [4.78, 5) is 23.0. The Morgan fingerprint density at radius 3 is 2.57 bits per heavy atom. The molecule has 184 valence electrons. The first-order valence-corrected chi connectivity index (χ1v) is 12.6. The summed E-state index contributed by atoms with van der Waals surface area (Å²) in [6, 6.07) is 11.7. The summed E-state index contributed by atoms with van der Waals surface area (Å²) in [6.07, 6.45) is 2.18. The average molecular weight is 493 g/mol. The van der Waals surface area contributed by atoms with Crippen molar-refractivity contribution in [3.63, 3.8) is 0 Å². The number of amides is 1. The summed E-state index contributed by atoms with van der Waals surface area (Å²) in [7, 11) is 0. The van der Waals surface area contributed by atoms with Gasteiger partial charge in [0.05, 0.1) is 17.7 Å². The van der Waals surface area contributed by atoms with Crippen LogP contribution >= 0.6 is 11.8 Å². The SMILES string of the molecule is [C-]#[N+]c1c(N2CCC(NCC(C)(C)O)CC2)nc(SC(C(N)=O)c2ccccc2)c(C#N)c1CC. The summed E-state index contributed by atoms with van der Waals surface area (Å²) in [5.41, 5.74) is 7.07. The van der Waals surface area contributed by atoms with Gasteiger partial charge in [-0.15, -0.1) is 0 Å². The Morgan fingerprint density at radius 1 is 1.40 bits per heavy atom. The molecule has 0 saturated carbocycles. The topological polar surface area (TPSA) is 120 Å². The first kappa shape index (κ1) is 26.5. The van der Waals surface area contributed by atoms with Crippen molar-refractivity contribution in [2.75, 3.05) is 24.5 Å². The van der Waals surface area contributed by atoms with Gasteiger partial charge in [0, 0.05) is 25.7 Å². The fourth-order valence-corrected chi connectivity index (χ4v) is 5.25. The Morgan fingerprint density at radius 2 is 2.06 bits per heavy atom. The third-order valence-electron chi connectivity index (χ3n) is 6.01. The molecule has 1 aliphatic heterocycles. The van der Waals surface area contributed by atoms with E-state index >= 15 is 0 Å². The number of anilines is 1. The van der Waals surface area contributed by atoms with Gasteiger partial charge >= 0.3 is 0 Å². The van der Waals surface area contributed by atoms with Gasteiger partial charge in [-0.25, -0.2) is 9.83 Å². The van der Waals surface area contributed by atoms with Gasteiger partial charge in [0.1, 0.15) is 22.2 Å². The molecule has 0 radical (unpaired) electrons. The number of nitrogens with zero attached hydrogens (tertiary/aromatic N) is 4. The Hall–Kier alpha value is -3.11. The van der Waals surface area contributed by atoms with E-state index < -0.39 is 16.8 Å². The highest BCUT2D eigenvalue weighted by Crippen LogP contribution is 2.43. The van der Waals surface area contributed by atoms with E-state index in [1.807, 2.05) is 37.3 Å². The van der Waals surface area contributed by atoms with E-state index in [9.17, 15) is 15.2 Å². The van der Waals surface area contributed by atoms with E-state index in [1.54, 1.807) is 13.8 Å². The van der Waals surface area contributed by atoms with E-state index in [2.05, 4.69) is 21.1 Å². The van der Waals surface area contributed by atoms with Crippen molar-refractivity contribution in [3.05, 3.63) is 58.4 Å². The molecular weight excluding hydrogens is 460 g/mol. The highest BCUT2D eigenvalue weighted by molar-refractivity contribution is 8.00. The maximum atomic E-state index is 12.3. The second-order valence-electron chi connectivity index (χ2n) is 9.29. The lowest BCUT2D eigenvalue weighted by molar-refractivity contribution is -0.117. The van der Waals surface area contributed by atoms with E-state index in [0.29, 0.717) is 53.7 Å². The minimum atomic E-state index is -0.777. The minimum Gasteiger partial charge on any atom is -0.389 e. The highest BCUT2D eigenvalue weighted by atomic mass is 32.2. The van der Waals surface area contributed by atoms with Crippen molar-refractivity contribution >= 4 is 29.2 Å². The molecule has 1 aliphatic rings. The van der Waals surface area contributed by atoms with Crippen LogP contribution in [0.2, 0.25) is 0 Å². The Kier molecular flexibility index (Phi) is 8.74. The van der Waals surface area contributed by atoms with E-state index in [-0.39, 0.29) is 6.04 Å². The number of nitrogens with one attached hydrogen (secondary N) is 1. The van der Waals surface area contributed by atoms with Crippen LogP contribution in [0.3, 0.4) is 0 Å². The number of carbonyl (C=O) groups is 1. The van der Waals surface area contributed by atoms with Gasteiger partial charge < -0.3 is 21.1 Å². The van der Waals surface area contributed by atoms with Gasteiger partial charge in [-0.3, -0.25) is 4.79 Å². The molecule has 1 saturated heterocycles. The average Bonchev–Trinajstić information content (AvgIpc) is 2.85. The lowest BCUT2D eigenvalue weighted by Crippen LogP contribution is -2.47. The molecule has 8 nitrogen and oxygen atoms in total. The molecular formula is C26H32N6O2S. The summed E-state index contributed by atoms with van der Waals surface area (Å²) in [6.45, 7) is 15.2. The zero-order valence-electron chi connectivity index (χ0n) is 20.4. The molecule has 9 heteroatoms. The number of carbonyl (C=O) groups excluding carboxylic acids is 1. The summed E-state index contributed by atoms with van der Waals surface area (Å²) in [5.74, 6) is 0.0370. The Bertz CT molecular complexity index is 1130. The molecule has 1 aromatic heterocycles. The second-order valence-corrected chi connectivity index (χ2v) is 10.4. The lowest BCUT2D eigenvalue weighted by Gasteiger charge is -2.35. The third-order valence-corrected chi connectivity index (χ3v) is 7.26. The first-order chi connectivity index (χ1) is 16.7. The number of nitriles is 1. The van der Waals surface area contributed by atoms with Crippen molar-refractivity contribution in [1.82, 2.24) is 10.3 Å². The Labute approximate surface area is 211 Å². The molecule has 35 heavy (non-hydrogen) atoms. The van der Waals surface area contributed by atoms with E-state index in [4.69, 9.17) is 17.3 Å². The van der Waals surface area contributed by atoms with Crippen LogP contribution in [0.5, 0.6) is 0 Å². The first-order valence-electron chi connectivity index (χ1n) is 11.7. The number of hydrogen-bond donors (Lipinski definition) is 3. The molecule has 2 heterocycles. The zero-order chi connectivity index (χ0) is 25.6. The minimum absolute atomic E-state index is 0.268. The monoisotopic (exact) mass is 492 g/mol. The van der Waals surface area contributed by atoms with Gasteiger partial charge in [0.2, 0.25) is 11.6 Å². The number of hydrogen-bond acceptors (Lipinski definition) is 7. The van der Waals surface area contributed by atoms with Crippen LogP contribution in [0.25, 0.3) is 4.85 Å². The van der Waals surface area contributed by atoms with Crippen LogP contribution in [0.1, 0.15) is 55.6 Å². The van der Waals surface area contributed by atoms with E-state index in [0.717, 1.165) is 30.2 Å². The predicted octanol–water partition coefficient (Wildman–Crippen LogP) is 3.71. The number of thioether (sulfide) groups is 1. The molecule has 4 N–H and O–H groups in total.